The van der Waals surface area contributed by atoms with Gasteiger partial charge < -0.3 is 9.47 Å². The molecule has 0 unspecified atom stereocenters. The van der Waals surface area contributed by atoms with Crippen LogP contribution in [-0.2, 0) is 6.54 Å². The molecule has 0 amide bonds. The first kappa shape index (κ1) is 13.5. The summed E-state index contributed by atoms with van der Waals surface area (Å²) < 4.78 is 2.03. The van der Waals surface area contributed by atoms with Crippen molar-refractivity contribution in [2.75, 3.05) is 33.2 Å². The molecule has 0 saturated carbocycles. The molecule has 2 bridgehead atoms. The molecule has 4 heterocycles. The zero-order valence-electron chi connectivity index (χ0n) is 12.9. The third-order valence-electron chi connectivity index (χ3n) is 5.71. The van der Waals surface area contributed by atoms with Crippen LogP contribution in [0.5, 0.6) is 0 Å². The summed E-state index contributed by atoms with van der Waals surface area (Å²) in [5.41, 5.74) is 1.46. The minimum Gasteiger partial charge on any atom is -0.312 e. The summed E-state index contributed by atoms with van der Waals surface area (Å²) in [4.78, 5) is 17.2. The maximum Gasteiger partial charge on any atom is 0.250 e. The maximum atomic E-state index is 12.1. The quantitative estimate of drug-likeness (QED) is 0.781. The molecule has 0 spiro atoms. The highest BCUT2D eigenvalue weighted by Gasteiger charge is 2.37. The molecule has 0 radical (unpaired) electrons. The van der Waals surface area contributed by atoms with Gasteiger partial charge in [0.2, 0.25) is 0 Å². The standard InChI is InChI=1S/C17H25N3O/c1-18-7-5-15(6-8-18)19-10-13-9-14(12-19)16-3-2-4-17(21)20(16)11-13/h2-4,13-15H,5-12H2,1H3/t13-,14-/m1/s1. The largest absolute Gasteiger partial charge is 0.312 e. The fraction of sp³-hybridized carbons (Fsp3) is 0.706. The van der Waals surface area contributed by atoms with Crippen LogP contribution in [0.25, 0.3) is 0 Å². The first-order valence-corrected chi connectivity index (χ1v) is 8.33. The van der Waals surface area contributed by atoms with Crippen molar-refractivity contribution < 1.29 is 0 Å². The van der Waals surface area contributed by atoms with Gasteiger partial charge in [-0.25, -0.2) is 0 Å². The Morgan fingerprint density at radius 2 is 1.90 bits per heavy atom. The number of fused-ring (bicyclic) bond motifs is 4. The second-order valence-corrected chi connectivity index (χ2v) is 7.19. The van der Waals surface area contributed by atoms with Gasteiger partial charge in [-0.05, 0) is 51.4 Å². The van der Waals surface area contributed by atoms with Crippen LogP contribution >= 0.6 is 0 Å². The molecule has 2 fully saturated rings. The van der Waals surface area contributed by atoms with Crippen molar-refractivity contribution in [2.45, 2.75) is 37.8 Å². The Balaban J connectivity index is 1.55. The highest BCUT2D eigenvalue weighted by Crippen LogP contribution is 2.36. The first-order valence-electron chi connectivity index (χ1n) is 8.33. The summed E-state index contributed by atoms with van der Waals surface area (Å²) in [6.07, 6.45) is 3.88. The van der Waals surface area contributed by atoms with Crippen molar-refractivity contribution in [1.82, 2.24) is 14.4 Å². The summed E-state index contributed by atoms with van der Waals surface area (Å²) >= 11 is 0. The van der Waals surface area contributed by atoms with E-state index in [1.807, 2.05) is 10.6 Å². The molecule has 3 aliphatic rings. The third kappa shape index (κ3) is 2.44. The number of rotatable bonds is 1. The number of piperidine rings is 2. The molecule has 2 atom stereocenters. The van der Waals surface area contributed by atoms with Crippen molar-refractivity contribution >= 4 is 0 Å². The van der Waals surface area contributed by atoms with E-state index in [9.17, 15) is 4.79 Å². The Labute approximate surface area is 126 Å². The van der Waals surface area contributed by atoms with Gasteiger partial charge >= 0.3 is 0 Å². The van der Waals surface area contributed by atoms with Crippen LogP contribution in [0.3, 0.4) is 0 Å². The van der Waals surface area contributed by atoms with Crippen LogP contribution in [-0.4, -0.2) is 53.6 Å². The van der Waals surface area contributed by atoms with Crippen LogP contribution in [0.4, 0.5) is 0 Å². The van der Waals surface area contributed by atoms with Crippen LogP contribution in [0, 0.1) is 5.92 Å². The van der Waals surface area contributed by atoms with E-state index >= 15 is 0 Å². The molecule has 3 aliphatic heterocycles. The van der Waals surface area contributed by atoms with Gasteiger partial charge in [-0.3, -0.25) is 9.69 Å². The van der Waals surface area contributed by atoms with E-state index in [-0.39, 0.29) is 5.56 Å². The normalized spacial score (nSPS) is 31.1. The number of hydrogen-bond donors (Lipinski definition) is 0. The smallest absolute Gasteiger partial charge is 0.250 e. The fourth-order valence-corrected chi connectivity index (χ4v) is 4.59. The Morgan fingerprint density at radius 1 is 1.10 bits per heavy atom. The van der Waals surface area contributed by atoms with Gasteiger partial charge in [-0.2, -0.15) is 0 Å². The number of hydrogen-bond acceptors (Lipinski definition) is 3. The van der Waals surface area contributed by atoms with Crippen molar-refractivity contribution in [1.29, 1.82) is 0 Å². The van der Waals surface area contributed by atoms with Crippen molar-refractivity contribution in [2.24, 2.45) is 5.92 Å². The highest BCUT2D eigenvalue weighted by molar-refractivity contribution is 5.17. The number of likely N-dealkylation sites (tertiary alicyclic amines) is 2. The predicted molar refractivity (Wildman–Crippen MR) is 83.6 cm³/mol. The van der Waals surface area contributed by atoms with E-state index in [4.69, 9.17) is 0 Å². The van der Waals surface area contributed by atoms with Gasteiger partial charge in [0.1, 0.15) is 0 Å². The molecule has 1 aromatic heterocycles. The van der Waals surface area contributed by atoms with Gasteiger partial charge in [0.05, 0.1) is 0 Å². The van der Waals surface area contributed by atoms with Crippen molar-refractivity contribution in [3.05, 3.63) is 34.2 Å². The van der Waals surface area contributed by atoms with Crippen LogP contribution in [0.1, 0.15) is 30.9 Å². The van der Waals surface area contributed by atoms with Crippen molar-refractivity contribution in [3.8, 4) is 0 Å². The number of pyridine rings is 1. The molecule has 4 nitrogen and oxygen atoms in total. The summed E-state index contributed by atoms with van der Waals surface area (Å²) in [5, 5.41) is 0. The van der Waals surface area contributed by atoms with Crippen LogP contribution in [0.2, 0.25) is 0 Å². The van der Waals surface area contributed by atoms with E-state index in [2.05, 4.69) is 22.9 Å². The van der Waals surface area contributed by atoms with Gasteiger partial charge in [0.15, 0.2) is 0 Å². The Bertz CT molecular complexity index is 574. The third-order valence-corrected chi connectivity index (χ3v) is 5.71. The molecule has 2 saturated heterocycles. The molecular formula is C17H25N3O. The second kappa shape index (κ2) is 5.25. The van der Waals surface area contributed by atoms with E-state index < -0.39 is 0 Å². The Morgan fingerprint density at radius 3 is 2.71 bits per heavy atom. The fourth-order valence-electron chi connectivity index (χ4n) is 4.59. The Kier molecular flexibility index (Phi) is 3.38. The van der Waals surface area contributed by atoms with Gasteiger partial charge in [0, 0.05) is 43.4 Å². The summed E-state index contributed by atoms with van der Waals surface area (Å²) in [6, 6.07) is 6.57. The lowest BCUT2D eigenvalue weighted by molar-refractivity contribution is 0.0517. The molecule has 4 rings (SSSR count). The average Bonchev–Trinajstić information content (AvgIpc) is 2.49. The molecule has 114 valence electrons. The highest BCUT2D eigenvalue weighted by atomic mass is 16.1. The topological polar surface area (TPSA) is 28.5 Å². The summed E-state index contributed by atoms with van der Waals surface area (Å²) in [5.74, 6) is 1.22. The second-order valence-electron chi connectivity index (χ2n) is 7.19. The molecule has 4 heteroatoms. The molecule has 0 aliphatic carbocycles. The molecule has 0 aromatic carbocycles. The molecule has 1 aromatic rings. The number of nitrogens with zero attached hydrogens (tertiary/aromatic N) is 3. The van der Waals surface area contributed by atoms with E-state index in [0.29, 0.717) is 11.8 Å². The lowest BCUT2D eigenvalue weighted by Gasteiger charge is -2.47. The lowest BCUT2D eigenvalue weighted by atomic mass is 9.82. The number of aromatic nitrogens is 1. The lowest BCUT2D eigenvalue weighted by Crippen LogP contribution is -2.52. The zero-order chi connectivity index (χ0) is 14.4. The molecule has 0 N–H and O–H groups in total. The minimum absolute atomic E-state index is 0.190. The SMILES string of the molecule is CN1CCC(N2C[C@H]3C[C@H](C2)c2cccc(=O)n2C3)CC1. The van der Waals surface area contributed by atoms with Crippen LogP contribution < -0.4 is 5.56 Å². The average molecular weight is 287 g/mol. The van der Waals surface area contributed by atoms with Gasteiger partial charge in [0.25, 0.3) is 5.56 Å². The summed E-state index contributed by atoms with van der Waals surface area (Å²) in [7, 11) is 2.23. The maximum absolute atomic E-state index is 12.1. The predicted octanol–water partition coefficient (Wildman–Crippen LogP) is 1.36. The van der Waals surface area contributed by atoms with E-state index in [1.165, 1.54) is 44.6 Å². The summed E-state index contributed by atoms with van der Waals surface area (Å²) in [6.45, 7) is 5.72. The minimum atomic E-state index is 0.190. The zero-order valence-corrected chi connectivity index (χ0v) is 12.9. The van der Waals surface area contributed by atoms with E-state index in [0.717, 1.165) is 19.1 Å². The molecular weight excluding hydrogens is 262 g/mol. The van der Waals surface area contributed by atoms with Gasteiger partial charge in [-0.15, -0.1) is 0 Å². The Hall–Kier alpha value is -1.13. The van der Waals surface area contributed by atoms with Gasteiger partial charge in [-0.1, -0.05) is 6.07 Å². The monoisotopic (exact) mass is 287 g/mol. The first-order chi connectivity index (χ1) is 10.2. The van der Waals surface area contributed by atoms with Crippen molar-refractivity contribution in [3.63, 3.8) is 0 Å². The van der Waals surface area contributed by atoms with Crippen LogP contribution in [0.15, 0.2) is 23.0 Å². The van der Waals surface area contributed by atoms with E-state index in [1.54, 1.807) is 6.07 Å². The molecule has 21 heavy (non-hydrogen) atoms.